The standard InChI is InChI=1S/C15H15NO5/c1-8(14(18)20-2)13(17)16-12-10-6-4-3-5-9(10)7-11(12)21-15(16)19/h3-6,8,11-12H,7H2,1-2H3/t8?,11-,12+/m0/s1. The number of rotatable bonds is 2. The summed E-state index contributed by atoms with van der Waals surface area (Å²) >= 11 is 0. The highest BCUT2D eigenvalue weighted by molar-refractivity contribution is 6.04. The van der Waals surface area contributed by atoms with E-state index in [2.05, 4.69) is 4.74 Å². The van der Waals surface area contributed by atoms with Crippen molar-refractivity contribution in [2.75, 3.05) is 7.11 Å². The Hall–Kier alpha value is -2.37. The zero-order valence-corrected chi connectivity index (χ0v) is 11.7. The lowest BCUT2D eigenvalue weighted by atomic mass is 10.0. The molecule has 1 saturated heterocycles. The molecule has 0 aromatic heterocycles. The summed E-state index contributed by atoms with van der Waals surface area (Å²) in [7, 11) is 1.21. The molecule has 6 heteroatoms. The van der Waals surface area contributed by atoms with E-state index in [1.54, 1.807) is 0 Å². The molecule has 3 atom stereocenters. The van der Waals surface area contributed by atoms with Gasteiger partial charge in [0, 0.05) is 6.42 Å². The summed E-state index contributed by atoms with van der Waals surface area (Å²) in [5.74, 6) is -2.28. The number of benzene rings is 1. The zero-order valence-electron chi connectivity index (χ0n) is 11.7. The molecular formula is C15H15NO5. The van der Waals surface area contributed by atoms with E-state index in [0.717, 1.165) is 16.0 Å². The van der Waals surface area contributed by atoms with Gasteiger partial charge in [0.25, 0.3) is 0 Å². The molecular weight excluding hydrogens is 274 g/mol. The lowest BCUT2D eigenvalue weighted by molar-refractivity contribution is -0.152. The second-order valence-corrected chi connectivity index (χ2v) is 5.22. The average molecular weight is 289 g/mol. The lowest BCUT2D eigenvalue weighted by Gasteiger charge is -2.21. The van der Waals surface area contributed by atoms with Crippen molar-refractivity contribution in [3.8, 4) is 0 Å². The number of fused-ring (bicyclic) bond motifs is 3. The molecule has 1 aliphatic carbocycles. The van der Waals surface area contributed by atoms with Crippen molar-refractivity contribution in [1.29, 1.82) is 0 Å². The van der Waals surface area contributed by atoms with E-state index in [1.165, 1.54) is 14.0 Å². The van der Waals surface area contributed by atoms with Gasteiger partial charge in [-0.15, -0.1) is 0 Å². The van der Waals surface area contributed by atoms with Crippen molar-refractivity contribution in [2.45, 2.75) is 25.5 Å². The van der Waals surface area contributed by atoms with E-state index < -0.39 is 29.9 Å². The summed E-state index contributed by atoms with van der Waals surface area (Å²) in [5, 5.41) is 0. The fraction of sp³-hybridized carbons (Fsp3) is 0.400. The van der Waals surface area contributed by atoms with Crippen molar-refractivity contribution >= 4 is 18.0 Å². The Morgan fingerprint density at radius 2 is 2.10 bits per heavy atom. The van der Waals surface area contributed by atoms with Crippen LogP contribution in [0.4, 0.5) is 4.79 Å². The molecule has 6 nitrogen and oxygen atoms in total. The fourth-order valence-electron chi connectivity index (χ4n) is 2.96. The predicted octanol–water partition coefficient (Wildman–Crippen LogP) is 1.44. The number of methoxy groups -OCH3 is 1. The van der Waals surface area contributed by atoms with E-state index in [0.29, 0.717) is 6.42 Å². The van der Waals surface area contributed by atoms with Gasteiger partial charge in [0.2, 0.25) is 5.91 Å². The van der Waals surface area contributed by atoms with Gasteiger partial charge in [0.05, 0.1) is 7.11 Å². The second-order valence-electron chi connectivity index (χ2n) is 5.22. The van der Waals surface area contributed by atoms with E-state index in [4.69, 9.17) is 4.74 Å². The molecule has 1 aromatic rings. The van der Waals surface area contributed by atoms with Gasteiger partial charge in [-0.1, -0.05) is 24.3 Å². The van der Waals surface area contributed by atoms with Crippen LogP contribution in [0.3, 0.4) is 0 Å². The number of amides is 2. The minimum atomic E-state index is -1.03. The van der Waals surface area contributed by atoms with E-state index in [9.17, 15) is 14.4 Å². The largest absolute Gasteiger partial charge is 0.468 e. The number of imide groups is 1. The van der Waals surface area contributed by atoms with Crippen LogP contribution < -0.4 is 0 Å². The molecule has 1 heterocycles. The Bertz CT molecular complexity index is 626. The molecule has 1 unspecified atom stereocenters. The summed E-state index contributed by atoms with van der Waals surface area (Å²) in [6, 6.07) is 7.15. The highest BCUT2D eigenvalue weighted by Gasteiger charge is 2.51. The summed E-state index contributed by atoms with van der Waals surface area (Å²) < 4.78 is 9.85. The first-order chi connectivity index (χ1) is 10.0. The molecule has 1 aromatic carbocycles. The van der Waals surface area contributed by atoms with E-state index in [1.807, 2.05) is 24.3 Å². The predicted molar refractivity (Wildman–Crippen MR) is 71.2 cm³/mol. The van der Waals surface area contributed by atoms with Crippen molar-refractivity contribution in [1.82, 2.24) is 4.90 Å². The molecule has 3 rings (SSSR count). The Kier molecular flexibility index (Phi) is 3.16. The molecule has 2 amide bonds. The quantitative estimate of drug-likeness (QED) is 0.608. The fourth-order valence-corrected chi connectivity index (χ4v) is 2.96. The first-order valence-electron chi connectivity index (χ1n) is 6.74. The summed E-state index contributed by atoms with van der Waals surface area (Å²) in [6.45, 7) is 1.43. The van der Waals surface area contributed by atoms with Crippen LogP contribution in [-0.4, -0.2) is 36.1 Å². The highest BCUT2D eigenvalue weighted by Crippen LogP contribution is 2.43. The van der Waals surface area contributed by atoms with Crippen LogP contribution in [0.5, 0.6) is 0 Å². The number of hydrogen-bond acceptors (Lipinski definition) is 5. The first-order valence-corrected chi connectivity index (χ1v) is 6.74. The van der Waals surface area contributed by atoms with Gasteiger partial charge in [0.1, 0.15) is 18.1 Å². The van der Waals surface area contributed by atoms with Crippen LogP contribution in [0.25, 0.3) is 0 Å². The summed E-state index contributed by atoms with van der Waals surface area (Å²) in [4.78, 5) is 37.0. The van der Waals surface area contributed by atoms with Crippen LogP contribution in [0.1, 0.15) is 24.1 Å². The lowest BCUT2D eigenvalue weighted by Crippen LogP contribution is -2.40. The van der Waals surface area contributed by atoms with Crippen LogP contribution in [0, 0.1) is 5.92 Å². The van der Waals surface area contributed by atoms with Gasteiger partial charge in [-0.25, -0.2) is 9.69 Å². The molecule has 0 spiro atoms. The first kappa shape index (κ1) is 13.6. The summed E-state index contributed by atoms with van der Waals surface area (Å²) in [5.41, 5.74) is 1.96. The maximum absolute atomic E-state index is 12.4. The topological polar surface area (TPSA) is 72.9 Å². The molecule has 1 fully saturated rings. The SMILES string of the molecule is COC(=O)C(C)C(=O)N1C(=O)O[C@H]2Cc3ccccc3[C@H]21. The number of esters is 1. The summed E-state index contributed by atoms with van der Waals surface area (Å²) in [6.07, 6.45) is -0.480. The van der Waals surface area contributed by atoms with Gasteiger partial charge in [-0.3, -0.25) is 9.59 Å². The molecule has 0 bridgehead atoms. The Morgan fingerprint density at radius 3 is 2.81 bits per heavy atom. The third-order valence-electron chi connectivity index (χ3n) is 4.04. The van der Waals surface area contributed by atoms with Gasteiger partial charge >= 0.3 is 12.1 Å². The third kappa shape index (κ3) is 1.98. The molecule has 2 aliphatic rings. The molecule has 0 saturated carbocycles. The second kappa shape index (κ2) is 4.87. The Balaban J connectivity index is 1.94. The number of hydrogen-bond donors (Lipinski definition) is 0. The van der Waals surface area contributed by atoms with Crippen LogP contribution in [0.2, 0.25) is 0 Å². The maximum atomic E-state index is 12.4. The Labute approximate surface area is 121 Å². The Morgan fingerprint density at radius 1 is 1.38 bits per heavy atom. The van der Waals surface area contributed by atoms with Crippen LogP contribution in [-0.2, 0) is 25.5 Å². The number of carbonyl (C=O) groups excluding carboxylic acids is 3. The third-order valence-corrected chi connectivity index (χ3v) is 4.04. The highest BCUT2D eigenvalue weighted by atomic mass is 16.6. The van der Waals surface area contributed by atoms with Gasteiger partial charge in [0.15, 0.2) is 0 Å². The molecule has 0 N–H and O–H groups in total. The van der Waals surface area contributed by atoms with Gasteiger partial charge in [-0.2, -0.15) is 0 Å². The maximum Gasteiger partial charge on any atom is 0.417 e. The molecule has 1 aliphatic heterocycles. The monoisotopic (exact) mass is 289 g/mol. The van der Waals surface area contributed by atoms with E-state index in [-0.39, 0.29) is 6.10 Å². The molecule has 110 valence electrons. The van der Waals surface area contributed by atoms with Gasteiger partial charge < -0.3 is 9.47 Å². The minimum Gasteiger partial charge on any atom is -0.468 e. The van der Waals surface area contributed by atoms with E-state index >= 15 is 0 Å². The number of ether oxygens (including phenoxy) is 2. The molecule has 0 radical (unpaired) electrons. The minimum absolute atomic E-state index is 0.372. The van der Waals surface area contributed by atoms with Crippen LogP contribution in [0.15, 0.2) is 24.3 Å². The molecule has 21 heavy (non-hydrogen) atoms. The van der Waals surface area contributed by atoms with Gasteiger partial charge in [-0.05, 0) is 18.1 Å². The average Bonchev–Trinajstić information content (AvgIpc) is 2.99. The van der Waals surface area contributed by atoms with Crippen LogP contribution >= 0.6 is 0 Å². The normalized spacial score (nSPS) is 24.1. The van der Waals surface area contributed by atoms with Crippen molar-refractivity contribution in [3.05, 3.63) is 35.4 Å². The number of carbonyl (C=O) groups is 3. The smallest absolute Gasteiger partial charge is 0.417 e. The van der Waals surface area contributed by atoms with Crippen molar-refractivity contribution in [2.24, 2.45) is 5.92 Å². The number of nitrogens with zero attached hydrogens (tertiary/aromatic N) is 1. The zero-order chi connectivity index (χ0) is 15.1. The van der Waals surface area contributed by atoms with Crippen molar-refractivity contribution < 1.29 is 23.9 Å². The van der Waals surface area contributed by atoms with Crippen molar-refractivity contribution in [3.63, 3.8) is 0 Å².